The summed E-state index contributed by atoms with van der Waals surface area (Å²) in [6, 6.07) is 14.3. The Hall–Kier alpha value is -3.47. The summed E-state index contributed by atoms with van der Waals surface area (Å²) in [7, 11) is -4.11. The molecule has 4 unspecified atom stereocenters. The summed E-state index contributed by atoms with van der Waals surface area (Å²) in [4.78, 5) is 27.1. The van der Waals surface area contributed by atoms with Gasteiger partial charge in [0.05, 0.1) is 55.7 Å². The van der Waals surface area contributed by atoms with Crippen molar-refractivity contribution in [3.05, 3.63) is 60.2 Å². The van der Waals surface area contributed by atoms with Gasteiger partial charge in [-0.05, 0) is 55.0 Å². The van der Waals surface area contributed by atoms with Gasteiger partial charge in [0.15, 0.2) is 12.6 Å². The molecular formula is C34H45N3O11S. The number of anilines is 1. The molecule has 14 nitrogen and oxygen atoms in total. The molecule has 4 aliphatic rings. The molecule has 15 heteroatoms. The number of nitrogens with zero attached hydrogens (tertiary/aromatic N) is 1. The number of benzene rings is 2. The first-order chi connectivity index (χ1) is 23.6. The van der Waals surface area contributed by atoms with Crippen LogP contribution in [0.25, 0.3) is 0 Å². The van der Waals surface area contributed by atoms with Crippen molar-refractivity contribution in [2.75, 3.05) is 45.3 Å². The first kappa shape index (κ1) is 35.4. The third kappa shape index (κ3) is 8.64. The van der Waals surface area contributed by atoms with Crippen LogP contribution in [0.3, 0.4) is 0 Å². The molecule has 0 aromatic heterocycles. The highest BCUT2D eigenvalue weighted by molar-refractivity contribution is 7.89. The van der Waals surface area contributed by atoms with E-state index < -0.39 is 59.2 Å². The number of hydrogen-bond donors (Lipinski definition) is 2. The number of amides is 1. The van der Waals surface area contributed by atoms with E-state index in [4.69, 9.17) is 38.9 Å². The fourth-order valence-corrected chi connectivity index (χ4v) is 8.37. The molecule has 4 fully saturated rings. The van der Waals surface area contributed by atoms with Crippen LogP contribution >= 0.6 is 0 Å². The average Bonchev–Trinajstić information content (AvgIpc) is 3.86. The number of carbonyl (C=O) groups excluding carboxylic acids is 2. The molecule has 4 heterocycles. The van der Waals surface area contributed by atoms with Crippen molar-refractivity contribution >= 4 is 28.0 Å². The SMILES string of the molecule is CC(C)CN(C[C@@H](OC(=O)OC1COC2OCC[C@H]12)[C@H](Cc1ccccc1)NC(=O)OC1CO[C@H]2OCCC12)S(=O)(=O)c1ccc(N)cc1. The highest BCUT2D eigenvalue weighted by Gasteiger charge is 2.46. The van der Waals surface area contributed by atoms with Crippen LogP contribution in [0, 0.1) is 17.8 Å². The van der Waals surface area contributed by atoms with Crippen molar-refractivity contribution in [2.24, 2.45) is 17.8 Å². The van der Waals surface area contributed by atoms with E-state index in [1.807, 2.05) is 44.2 Å². The van der Waals surface area contributed by atoms with Gasteiger partial charge in [0.1, 0.15) is 18.3 Å². The number of sulfonamides is 1. The maximum Gasteiger partial charge on any atom is 0.509 e. The van der Waals surface area contributed by atoms with Crippen LogP contribution in [-0.4, -0.2) is 101 Å². The van der Waals surface area contributed by atoms with E-state index >= 15 is 0 Å². The minimum atomic E-state index is -4.11. The quantitative estimate of drug-likeness (QED) is 0.231. The molecule has 1 amide bonds. The molecule has 2 aromatic carbocycles. The van der Waals surface area contributed by atoms with Crippen LogP contribution in [0.15, 0.2) is 59.5 Å². The Kier molecular flexibility index (Phi) is 11.3. The van der Waals surface area contributed by atoms with E-state index in [2.05, 4.69) is 5.32 Å². The fourth-order valence-electron chi connectivity index (χ4n) is 6.75. The van der Waals surface area contributed by atoms with E-state index in [9.17, 15) is 18.0 Å². The standard InChI is InChI=1S/C34H45N3O11S/c1-21(2)17-37(49(40,41)24-10-8-23(35)9-11-24)18-28(47-34(39)48-30-20-45-32-26(30)13-15-43-32)27(16-22-6-4-3-5-7-22)36-33(38)46-29-19-44-31-25(29)12-14-42-31/h3-11,21,25-32H,12-20,35H2,1-2H3,(H,36,38)/t25?,26-,27+,28-,29?,30?,31-,32?/m1/s1. The van der Waals surface area contributed by atoms with Crippen LogP contribution in [0.1, 0.15) is 32.3 Å². The molecular weight excluding hydrogens is 658 g/mol. The Labute approximate surface area is 286 Å². The Morgan fingerprint density at radius 2 is 1.49 bits per heavy atom. The molecule has 0 spiro atoms. The molecule has 0 radical (unpaired) electrons. The predicted octanol–water partition coefficient (Wildman–Crippen LogP) is 3.30. The lowest BCUT2D eigenvalue weighted by atomic mass is 10.0. The predicted molar refractivity (Wildman–Crippen MR) is 175 cm³/mol. The number of nitrogen functional groups attached to an aromatic ring is 1. The molecule has 6 rings (SSSR count). The summed E-state index contributed by atoms with van der Waals surface area (Å²) in [5.41, 5.74) is 7.07. The third-order valence-corrected chi connectivity index (χ3v) is 11.1. The number of hydrogen-bond acceptors (Lipinski definition) is 12. The highest BCUT2D eigenvalue weighted by atomic mass is 32.2. The summed E-state index contributed by atoms with van der Waals surface area (Å²) in [5, 5.41) is 2.89. The topological polar surface area (TPSA) is 174 Å². The van der Waals surface area contributed by atoms with Gasteiger partial charge in [0.25, 0.3) is 0 Å². The summed E-state index contributed by atoms with van der Waals surface area (Å²) in [6.45, 7) is 4.92. The molecule has 4 saturated heterocycles. The average molecular weight is 704 g/mol. The van der Waals surface area contributed by atoms with Gasteiger partial charge in [-0.25, -0.2) is 18.0 Å². The van der Waals surface area contributed by atoms with Crippen molar-refractivity contribution in [1.29, 1.82) is 0 Å². The van der Waals surface area contributed by atoms with Gasteiger partial charge in [-0.2, -0.15) is 4.31 Å². The largest absolute Gasteiger partial charge is 0.509 e. The molecule has 0 aliphatic carbocycles. The molecule has 8 atom stereocenters. The number of nitrogens with two attached hydrogens (primary N) is 1. The second-order valence-electron chi connectivity index (χ2n) is 13.3. The monoisotopic (exact) mass is 703 g/mol. The maximum absolute atomic E-state index is 14.1. The molecule has 4 aliphatic heterocycles. The molecule has 3 N–H and O–H groups in total. The lowest BCUT2D eigenvalue weighted by Crippen LogP contribution is -2.53. The Bertz CT molecular complexity index is 1530. The van der Waals surface area contributed by atoms with Gasteiger partial charge in [-0.15, -0.1) is 0 Å². The summed E-state index contributed by atoms with van der Waals surface area (Å²) in [5.74, 6) is -0.330. The minimum Gasteiger partial charge on any atom is -0.443 e. The molecule has 0 saturated carbocycles. The van der Waals surface area contributed by atoms with Crippen molar-refractivity contribution in [1.82, 2.24) is 9.62 Å². The summed E-state index contributed by atoms with van der Waals surface area (Å²) >= 11 is 0. The number of ether oxygens (including phenoxy) is 7. The maximum atomic E-state index is 14.1. The van der Waals surface area contributed by atoms with Gasteiger partial charge in [0.2, 0.25) is 10.0 Å². The Balaban J connectivity index is 1.28. The first-order valence-electron chi connectivity index (χ1n) is 16.8. The zero-order valence-corrected chi connectivity index (χ0v) is 28.5. The minimum absolute atomic E-state index is 0.0283. The van der Waals surface area contributed by atoms with Crippen molar-refractivity contribution < 1.29 is 51.2 Å². The number of alkyl carbamates (subject to hydrolysis) is 1. The Morgan fingerprint density at radius 3 is 2.10 bits per heavy atom. The smallest absolute Gasteiger partial charge is 0.443 e. The normalized spacial score (nSPS) is 27.4. The van der Waals surface area contributed by atoms with E-state index in [0.29, 0.717) is 31.7 Å². The van der Waals surface area contributed by atoms with Crippen molar-refractivity contribution in [2.45, 2.75) is 74.9 Å². The van der Waals surface area contributed by atoms with Crippen LogP contribution in [-0.2, 0) is 49.6 Å². The molecule has 2 aromatic rings. The van der Waals surface area contributed by atoms with E-state index in [-0.39, 0.29) is 55.4 Å². The third-order valence-electron chi connectivity index (χ3n) is 9.24. The van der Waals surface area contributed by atoms with Gasteiger partial charge < -0.3 is 44.2 Å². The molecule has 0 bridgehead atoms. The van der Waals surface area contributed by atoms with E-state index in [0.717, 1.165) is 5.56 Å². The number of carbonyl (C=O) groups is 2. The van der Waals surface area contributed by atoms with Crippen LogP contribution < -0.4 is 11.1 Å². The van der Waals surface area contributed by atoms with Crippen molar-refractivity contribution in [3.8, 4) is 0 Å². The van der Waals surface area contributed by atoms with Gasteiger partial charge in [-0.1, -0.05) is 44.2 Å². The zero-order chi connectivity index (χ0) is 34.5. The van der Waals surface area contributed by atoms with Gasteiger partial charge in [-0.3, -0.25) is 0 Å². The molecule has 49 heavy (non-hydrogen) atoms. The summed E-state index contributed by atoms with van der Waals surface area (Å²) < 4.78 is 69.4. The lowest BCUT2D eigenvalue weighted by molar-refractivity contribution is -0.0910. The van der Waals surface area contributed by atoms with Crippen LogP contribution in [0.2, 0.25) is 0 Å². The zero-order valence-electron chi connectivity index (χ0n) is 27.7. The first-order valence-corrected chi connectivity index (χ1v) is 18.2. The summed E-state index contributed by atoms with van der Waals surface area (Å²) in [6.07, 6.45) is -3.42. The number of fused-ring (bicyclic) bond motifs is 2. The van der Waals surface area contributed by atoms with Gasteiger partial charge in [0, 0.05) is 12.2 Å². The highest BCUT2D eigenvalue weighted by Crippen LogP contribution is 2.34. The van der Waals surface area contributed by atoms with Crippen LogP contribution in [0.4, 0.5) is 15.3 Å². The van der Waals surface area contributed by atoms with E-state index in [1.165, 1.54) is 28.6 Å². The molecule has 268 valence electrons. The lowest BCUT2D eigenvalue weighted by Gasteiger charge is -2.33. The second kappa shape index (κ2) is 15.6. The number of nitrogens with one attached hydrogen (secondary N) is 1. The van der Waals surface area contributed by atoms with Gasteiger partial charge >= 0.3 is 12.2 Å². The second-order valence-corrected chi connectivity index (χ2v) is 15.2. The number of rotatable bonds is 13. The van der Waals surface area contributed by atoms with Crippen molar-refractivity contribution in [3.63, 3.8) is 0 Å². The Morgan fingerprint density at radius 1 is 0.878 bits per heavy atom. The fraction of sp³-hybridized carbons (Fsp3) is 0.588. The van der Waals surface area contributed by atoms with E-state index in [1.54, 1.807) is 0 Å². The van der Waals surface area contributed by atoms with Crippen LogP contribution in [0.5, 0.6) is 0 Å².